The van der Waals surface area contributed by atoms with Crippen LogP contribution in [0, 0.1) is 34.5 Å². The second-order valence-corrected chi connectivity index (χ2v) is 12.2. The Kier molecular flexibility index (Phi) is 7.65. The Morgan fingerprint density at radius 2 is 1.91 bits per heavy atom. The maximum atomic E-state index is 13.6. The quantitative estimate of drug-likeness (QED) is 0.328. The second kappa shape index (κ2) is 9.80. The highest BCUT2D eigenvalue weighted by atomic mass is 16.3. The van der Waals surface area contributed by atoms with E-state index in [0.717, 1.165) is 19.4 Å². The lowest BCUT2D eigenvalue weighted by Gasteiger charge is -2.59. The van der Waals surface area contributed by atoms with Crippen molar-refractivity contribution in [2.24, 2.45) is 39.5 Å². The molecule has 0 aliphatic heterocycles. The molecule has 4 atom stereocenters. The van der Waals surface area contributed by atoms with Crippen molar-refractivity contribution in [2.45, 2.75) is 87.0 Å². The summed E-state index contributed by atoms with van der Waals surface area (Å²) >= 11 is 0. The highest BCUT2D eigenvalue weighted by Crippen LogP contribution is 2.63. The minimum atomic E-state index is -0.0985. The Hall–Kier alpha value is -1.84. The van der Waals surface area contributed by atoms with E-state index in [4.69, 9.17) is 0 Å². The van der Waals surface area contributed by atoms with Gasteiger partial charge in [-0.1, -0.05) is 60.6 Å². The van der Waals surface area contributed by atoms with E-state index in [0.29, 0.717) is 53.6 Å². The van der Waals surface area contributed by atoms with E-state index in [9.17, 15) is 9.90 Å². The molecule has 4 unspecified atom stereocenters. The maximum absolute atomic E-state index is 13.6. The van der Waals surface area contributed by atoms with Crippen LogP contribution in [0.5, 0.6) is 0 Å². The van der Waals surface area contributed by atoms with Crippen molar-refractivity contribution in [3.05, 3.63) is 35.3 Å². The first kappa shape index (κ1) is 25.8. The molecule has 3 aliphatic carbocycles. The summed E-state index contributed by atoms with van der Waals surface area (Å²) in [4.78, 5) is 18.3. The number of aliphatic hydroxyl groups excluding tert-OH is 1. The molecule has 4 heteroatoms. The fourth-order valence-corrected chi connectivity index (χ4v) is 6.35. The Morgan fingerprint density at radius 1 is 1.21 bits per heavy atom. The van der Waals surface area contributed by atoms with Gasteiger partial charge in [0.2, 0.25) is 5.78 Å². The van der Waals surface area contributed by atoms with E-state index in [1.54, 1.807) is 6.08 Å². The van der Waals surface area contributed by atoms with Gasteiger partial charge in [-0.25, -0.2) is 0 Å². The van der Waals surface area contributed by atoms with Gasteiger partial charge in [0.25, 0.3) is 0 Å². The lowest BCUT2D eigenvalue weighted by atomic mass is 9.46. The van der Waals surface area contributed by atoms with Crippen LogP contribution in [-0.2, 0) is 4.79 Å². The first-order valence-corrected chi connectivity index (χ1v) is 13.1. The molecule has 0 heterocycles. The van der Waals surface area contributed by atoms with Crippen LogP contribution in [-0.4, -0.2) is 29.7 Å². The third-order valence-electron chi connectivity index (χ3n) is 8.78. The molecule has 0 saturated heterocycles. The van der Waals surface area contributed by atoms with Crippen LogP contribution in [0.25, 0.3) is 0 Å². The maximum Gasteiger partial charge on any atom is 0.210 e. The predicted molar refractivity (Wildman–Crippen MR) is 138 cm³/mol. The molecule has 0 aromatic heterocycles. The van der Waals surface area contributed by atoms with Crippen LogP contribution in [0.15, 0.2) is 40.2 Å². The lowest BCUT2D eigenvalue weighted by molar-refractivity contribution is -0.111. The van der Waals surface area contributed by atoms with Gasteiger partial charge < -0.3 is 10.4 Å². The van der Waals surface area contributed by atoms with Crippen molar-refractivity contribution in [1.29, 1.82) is 0 Å². The monoisotopic (exact) mass is 454 g/mol. The Balaban J connectivity index is 2.01. The topological polar surface area (TPSA) is 61.7 Å². The van der Waals surface area contributed by atoms with Crippen LogP contribution in [0.1, 0.15) is 87.0 Å². The van der Waals surface area contributed by atoms with Crippen LogP contribution in [0.4, 0.5) is 0 Å². The van der Waals surface area contributed by atoms with Gasteiger partial charge in [0.05, 0.1) is 5.70 Å². The van der Waals surface area contributed by atoms with E-state index in [-0.39, 0.29) is 22.4 Å². The highest BCUT2D eigenvalue weighted by molar-refractivity contribution is 6.50. The van der Waals surface area contributed by atoms with Crippen LogP contribution in [0.2, 0.25) is 0 Å². The zero-order valence-corrected chi connectivity index (χ0v) is 22.1. The minimum absolute atomic E-state index is 0.0704. The van der Waals surface area contributed by atoms with Crippen molar-refractivity contribution in [1.82, 2.24) is 5.32 Å². The Labute approximate surface area is 201 Å². The molecule has 33 heavy (non-hydrogen) atoms. The van der Waals surface area contributed by atoms with Crippen molar-refractivity contribution >= 4 is 11.5 Å². The smallest absolute Gasteiger partial charge is 0.210 e. The molecule has 0 aromatic carbocycles. The highest BCUT2D eigenvalue weighted by Gasteiger charge is 2.54. The number of hydrogen-bond donors (Lipinski definition) is 2. The number of nitrogens with one attached hydrogen (secondary N) is 1. The average Bonchev–Trinajstić information content (AvgIpc) is 2.74. The van der Waals surface area contributed by atoms with E-state index in [1.807, 2.05) is 0 Å². The summed E-state index contributed by atoms with van der Waals surface area (Å²) in [5.41, 5.74) is 3.09. The van der Waals surface area contributed by atoms with Gasteiger partial charge >= 0.3 is 0 Å². The van der Waals surface area contributed by atoms with Crippen LogP contribution >= 0.6 is 0 Å². The standard InChI is InChI=1S/C29H46N2O2/c1-18(2)16-30-23-14-24(31-17-19(3)4)27(33)22(26(23)32)15-29(8)21(6)12-13-28(7)20(5)10-9-11-25(28)29/h14,18-19,21,25,30,32H,5,9-13,15-17H2,1-4,6-8H3. The van der Waals surface area contributed by atoms with Crippen LogP contribution < -0.4 is 5.32 Å². The van der Waals surface area contributed by atoms with Crippen molar-refractivity contribution in [3.8, 4) is 0 Å². The number of rotatable bonds is 7. The Bertz CT molecular complexity index is 878. The first-order chi connectivity index (χ1) is 15.4. The summed E-state index contributed by atoms with van der Waals surface area (Å²) in [6.45, 7) is 21.4. The average molecular weight is 455 g/mol. The summed E-state index contributed by atoms with van der Waals surface area (Å²) in [7, 11) is 0. The van der Waals surface area contributed by atoms with Gasteiger partial charge in [0.15, 0.2) is 0 Å². The molecular weight excluding hydrogens is 408 g/mol. The van der Waals surface area contributed by atoms with Gasteiger partial charge in [-0.3, -0.25) is 9.79 Å². The fraction of sp³-hybridized carbons (Fsp3) is 0.724. The number of carbonyl (C=O) groups is 1. The molecule has 2 fully saturated rings. The number of hydrogen-bond acceptors (Lipinski definition) is 4. The normalized spacial score (nSPS) is 34.2. The number of allylic oxidation sites excluding steroid dienone is 3. The third kappa shape index (κ3) is 5.00. The van der Waals surface area contributed by atoms with E-state index < -0.39 is 0 Å². The molecule has 0 radical (unpaired) electrons. The molecule has 2 N–H and O–H groups in total. The summed E-state index contributed by atoms with van der Waals surface area (Å²) in [5, 5.41) is 14.7. The van der Waals surface area contributed by atoms with Gasteiger partial charge in [0.1, 0.15) is 11.5 Å². The molecule has 184 valence electrons. The summed E-state index contributed by atoms with van der Waals surface area (Å²) in [6.07, 6.45) is 8.10. The van der Waals surface area contributed by atoms with E-state index in [2.05, 4.69) is 65.4 Å². The molecule has 3 rings (SSSR count). The van der Waals surface area contributed by atoms with E-state index >= 15 is 0 Å². The number of carbonyl (C=O) groups excluding carboxylic acids is 1. The predicted octanol–water partition coefficient (Wildman–Crippen LogP) is 6.80. The number of aliphatic hydroxyl groups is 1. The van der Waals surface area contributed by atoms with Crippen LogP contribution in [0.3, 0.4) is 0 Å². The van der Waals surface area contributed by atoms with Gasteiger partial charge in [-0.2, -0.15) is 0 Å². The number of Topliss-reactive ketones (excluding diaryl/α,β-unsaturated/α-hetero) is 1. The lowest BCUT2D eigenvalue weighted by Crippen LogP contribution is -2.51. The minimum Gasteiger partial charge on any atom is -0.505 e. The molecule has 3 aliphatic rings. The molecule has 0 amide bonds. The third-order valence-corrected chi connectivity index (χ3v) is 8.78. The fourth-order valence-electron chi connectivity index (χ4n) is 6.35. The van der Waals surface area contributed by atoms with Crippen molar-refractivity contribution < 1.29 is 9.90 Å². The summed E-state index contributed by atoms with van der Waals surface area (Å²) < 4.78 is 0. The molecule has 0 aromatic rings. The molecule has 2 saturated carbocycles. The number of aliphatic imine (C=N–C) groups is 1. The molecular formula is C29H46N2O2. The summed E-state index contributed by atoms with van der Waals surface area (Å²) in [5.74, 6) is 1.78. The van der Waals surface area contributed by atoms with Gasteiger partial charge in [-0.15, -0.1) is 0 Å². The zero-order chi connectivity index (χ0) is 24.6. The number of nitrogens with zero attached hydrogens (tertiary/aromatic N) is 1. The molecule has 0 spiro atoms. The van der Waals surface area contributed by atoms with E-state index in [1.165, 1.54) is 24.8 Å². The second-order valence-electron chi connectivity index (χ2n) is 12.2. The number of fused-ring (bicyclic) bond motifs is 1. The van der Waals surface area contributed by atoms with Crippen molar-refractivity contribution in [3.63, 3.8) is 0 Å². The zero-order valence-electron chi connectivity index (χ0n) is 22.1. The summed E-state index contributed by atoms with van der Waals surface area (Å²) in [6, 6.07) is 0. The molecule has 0 bridgehead atoms. The van der Waals surface area contributed by atoms with Crippen molar-refractivity contribution in [2.75, 3.05) is 13.1 Å². The number of ketones is 1. The SMILES string of the molecule is C=C1CCCC2C1(C)CCC(C)C2(C)CC1=C(O)C(NCC(C)C)=CC(=NCC(C)C)C1=O. The Morgan fingerprint density at radius 3 is 2.55 bits per heavy atom. The first-order valence-electron chi connectivity index (χ1n) is 13.1. The largest absolute Gasteiger partial charge is 0.505 e. The molecule has 4 nitrogen and oxygen atoms in total. The van der Waals surface area contributed by atoms with Gasteiger partial charge in [0, 0.05) is 18.7 Å². The van der Waals surface area contributed by atoms with Gasteiger partial charge in [-0.05, 0) is 79.1 Å².